The number of aromatic nitrogens is 5. The maximum atomic E-state index is 5.13. The van der Waals surface area contributed by atoms with Gasteiger partial charge >= 0.3 is 0 Å². The van der Waals surface area contributed by atoms with Gasteiger partial charge < -0.3 is 4.74 Å². The molecule has 2 aromatic heterocycles. The smallest absolute Gasteiger partial charge is 0.207 e. The summed E-state index contributed by atoms with van der Waals surface area (Å²) in [7, 11) is 1.57. The predicted molar refractivity (Wildman–Crippen MR) is 52.1 cm³/mol. The van der Waals surface area contributed by atoms with Gasteiger partial charge in [-0.15, -0.1) is 20.4 Å². The van der Waals surface area contributed by atoms with E-state index in [4.69, 9.17) is 4.74 Å². The van der Waals surface area contributed by atoms with Gasteiger partial charge in [0.2, 0.25) is 5.82 Å². The molecule has 0 saturated carbocycles. The highest BCUT2D eigenvalue weighted by Gasteiger charge is 2.08. The van der Waals surface area contributed by atoms with E-state index in [-0.39, 0.29) is 0 Å². The Kier molecular flexibility index (Phi) is 2.49. The Morgan fingerprint density at radius 1 is 1.13 bits per heavy atom. The van der Waals surface area contributed by atoms with E-state index in [2.05, 4.69) is 25.4 Å². The first-order valence-corrected chi connectivity index (χ1v) is 4.33. The summed E-state index contributed by atoms with van der Waals surface area (Å²) in [6, 6.07) is 1.76. The molecule has 0 N–H and O–H groups in total. The summed E-state index contributed by atoms with van der Waals surface area (Å²) in [5.74, 6) is 1.57. The fraction of sp³-hybridized carbons (Fsp3) is 0.222. The molecular formula is C9H9N5O. The van der Waals surface area contributed by atoms with Crippen molar-refractivity contribution in [1.82, 2.24) is 25.4 Å². The molecule has 0 aliphatic rings. The van der Waals surface area contributed by atoms with Crippen LogP contribution in [-0.2, 0) is 0 Å². The molecule has 0 aliphatic heterocycles. The molecule has 2 heterocycles. The molecule has 6 nitrogen and oxygen atoms in total. The lowest BCUT2D eigenvalue weighted by atomic mass is 10.2. The molecule has 0 saturated heterocycles. The lowest BCUT2D eigenvalue weighted by Crippen LogP contribution is -2.00. The molecule has 0 bridgehead atoms. The third kappa shape index (κ3) is 1.88. The number of methoxy groups -OCH3 is 1. The van der Waals surface area contributed by atoms with Gasteiger partial charge in [0.25, 0.3) is 0 Å². The lowest BCUT2D eigenvalue weighted by Gasteiger charge is -2.04. The highest BCUT2D eigenvalue weighted by Crippen LogP contribution is 2.24. The minimum Gasteiger partial charge on any atom is -0.494 e. The van der Waals surface area contributed by atoms with E-state index in [0.29, 0.717) is 17.4 Å². The SMILES string of the molecule is COc1cnccc1-c1nnc(C)nn1. The number of nitrogens with zero attached hydrogens (tertiary/aromatic N) is 5. The lowest BCUT2D eigenvalue weighted by molar-refractivity contribution is 0.414. The molecular weight excluding hydrogens is 194 g/mol. The first kappa shape index (κ1) is 9.45. The minimum absolute atomic E-state index is 0.430. The number of rotatable bonds is 2. The van der Waals surface area contributed by atoms with E-state index in [1.54, 1.807) is 32.5 Å². The van der Waals surface area contributed by atoms with Crippen LogP contribution in [0.15, 0.2) is 18.5 Å². The molecule has 76 valence electrons. The average molecular weight is 203 g/mol. The van der Waals surface area contributed by atoms with E-state index in [0.717, 1.165) is 5.56 Å². The van der Waals surface area contributed by atoms with Crippen molar-refractivity contribution in [3.8, 4) is 17.1 Å². The molecule has 0 unspecified atom stereocenters. The van der Waals surface area contributed by atoms with E-state index < -0.39 is 0 Å². The van der Waals surface area contributed by atoms with E-state index in [1.807, 2.05) is 0 Å². The molecule has 0 fully saturated rings. The largest absolute Gasteiger partial charge is 0.494 e. The van der Waals surface area contributed by atoms with Gasteiger partial charge in [-0.25, -0.2) is 0 Å². The first-order valence-electron chi connectivity index (χ1n) is 4.33. The summed E-state index contributed by atoms with van der Waals surface area (Å²) in [5.41, 5.74) is 0.729. The van der Waals surface area contributed by atoms with Crippen molar-refractivity contribution in [3.05, 3.63) is 24.3 Å². The van der Waals surface area contributed by atoms with Crippen LogP contribution in [0.5, 0.6) is 5.75 Å². The number of aryl methyl sites for hydroxylation is 1. The fourth-order valence-electron chi connectivity index (χ4n) is 1.11. The third-order valence-corrected chi connectivity index (χ3v) is 1.82. The van der Waals surface area contributed by atoms with Crippen LogP contribution in [0.1, 0.15) is 5.82 Å². The van der Waals surface area contributed by atoms with Crippen molar-refractivity contribution in [3.63, 3.8) is 0 Å². The fourth-order valence-corrected chi connectivity index (χ4v) is 1.11. The van der Waals surface area contributed by atoms with Crippen LogP contribution in [0.3, 0.4) is 0 Å². The van der Waals surface area contributed by atoms with Crippen molar-refractivity contribution >= 4 is 0 Å². The Labute approximate surface area is 86.4 Å². The van der Waals surface area contributed by atoms with Crippen molar-refractivity contribution < 1.29 is 4.74 Å². The van der Waals surface area contributed by atoms with Crippen LogP contribution in [0.25, 0.3) is 11.4 Å². The van der Waals surface area contributed by atoms with Crippen LogP contribution in [0.2, 0.25) is 0 Å². The molecule has 2 aromatic rings. The van der Waals surface area contributed by atoms with Gasteiger partial charge in [0.05, 0.1) is 18.9 Å². The number of hydrogen-bond acceptors (Lipinski definition) is 6. The number of ether oxygens (including phenoxy) is 1. The molecule has 0 aliphatic carbocycles. The van der Waals surface area contributed by atoms with Crippen LogP contribution >= 0.6 is 0 Å². The highest BCUT2D eigenvalue weighted by molar-refractivity contribution is 5.61. The Balaban J connectivity index is 2.49. The van der Waals surface area contributed by atoms with Gasteiger partial charge in [0, 0.05) is 6.20 Å². The predicted octanol–water partition coefficient (Wildman–Crippen LogP) is 0.646. The van der Waals surface area contributed by atoms with E-state index in [1.165, 1.54) is 0 Å². The third-order valence-electron chi connectivity index (χ3n) is 1.82. The summed E-state index contributed by atoms with van der Waals surface area (Å²) >= 11 is 0. The van der Waals surface area contributed by atoms with E-state index in [9.17, 15) is 0 Å². The van der Waals surface area contributed by atoms with Crippen molar-refractivity contribution in [1.29, 1.82) is 0 Å². The summed E-state index contributed by atoms with van der Waals surface area (Å²) in [6.45, 7) is 1.73. The van der Waals surface area contributed by atoms with Crippen LogP contribution < -0.4 is 4.74 Å². The maximum absolute atomic E-state index is 5.13. The van der Waals surface area contributed by atoms with Crippen LogP contribution in [0.4, 0.5) is 0 Å². The standard InChI is InChI=1S/C9H9N5O/c1-6-11-13-9(14-12-6)7-3-4-10-5-8(7)15-2/h3-5H,1-2H3. The zero-order valence-electron chi connectivity index (χ0n) is 8.38. The monoisotopic (exact) mass is 203 g/mol. The second-order valence-electron chi connectivity index (χ2n) is 2.85. The second-order valence-corrected chi connectivity index (χ2v) is 2.85. The summed E-state index contributed by atoms with van der Waals surface area (Å²) in [6.07, 6.45) is 3.24. The van der Waals surface area contributed by atoms with Crippen LogP contribution in [0, 0.1) is 6.92 Å². The Hall–Kier alpha value is -2.11. The van der Waals surface area contributed by atoms with Crippen molar-refractivity contribution in [2.45, 2.75) is 6.92 Å². The molecule has 2 rings (SSSR count). The zero-order valence-corrected chi connectivity index (χ0v) is 8.38. The topological polar surface area (TPSA) is 73.7 Å². The normalized spacial score (nSPS) is 10.0. The van der Waals surface area contributed by atoms with E-state index >= 15 is 0 Å². The molecule has 6 heteroatoms. The van der Waals surface area contributed by atoms with Gasteiger partial charge in [-0.3, -0.25) is 4.98 Å². The van der Waals surface area contributed by atoms with Crippen LogP contribution in [-0.4, -0.2) is 32.5 Å². The molecule has 0 atom stereocenters. The number of pyridine rings is 1. The second kappa shape index (κ2) is 3.95. The highest BCUT2D eigenvalue weighted by atomic mass is 16.5. The summed E-state index contributed by atoms with van der Waals surface area (Å²) in [5, 5.41) is 15.5. The quantitative estimate of drug-likeness (QED) is 0.713. The molecule has 0 aromatic carbocycles. The summed E-state index contributed by atoms with van der Waals surface area (Å²) < 4.78 is 5.13. The van der Waals surface area contributed by atoms with Gasteiger partial charge in [-0.05, 0) is 13.0 Å². The van der Waals surface area contributed by atoms with Crippen molar-refractivity contribution in [2.75, 3.05) is 7.11 Å². The molecule has 0 spiro atoms. The Morgan fingerprint density at radius 3 is 2.53 bits per heavy atom. The van der Waals surface area contributed by atoms with Gasteiger partial charge in [0.15, 0.2) is 5.82 Å². The van der Waals surface area contributed by atoms with Crippen molar-refractivity contribution in [2.24, 2.45) is 0 Å². The first-order chi connectivity index (χ1) is 7.31. The zero-order chi connectivity index (χ0) is 10.7. The maximum Gasteiger partial charge on any atom is 0.207 e. The summed E-state index contributed by atoms with van der Waals surface area (Å²) in [4.78, 5) is 3.94. The van der Waals surface area contributed by atoms with Gasteiger partial charge in [-0.1, -0.05) is 0 Å². The minimum atomic E-state index is 0.430. The Bertz CT molecular complexity index is 456. The molecule has 0 radical (unpaired) electrons. The molecule has 15 heavy (non-hydrogen) atoms. The Morgan fingerprint density at radius 2 is 1.87 bits per heavy atom. The van der Waals surface area contributed by atoms with Gasteiger partial charge in [0.1, 0.15) is 5.75 Å². The number of hydrogen-bond donors (Lipinski definition) is 0. The average Bonchev–Trinajstić information content (AvgIpc) is 2.30. The van der Waals surface area contributed by atoms with Gasteiger partial charge in [-0.2, -0.15) is 0 Å². The molecule has 0 amide bonds.